The quantitative estimate of drug-likeness (QED) is 0.882. The molecular formula is C16H21ClN2O2. The van der Waals surface area contributed by atoms with Gasteiger partial charge in [0.1, 0.15) is 5.66 Å². The number of aliphatic hydroxyl groups is 1. The van der Waals surface area contributed by atoms with Crippen molar-refractivity contribution in [2.75, 3.05) is 11.9 Å². The molecule has 21 heavy (non-hydrogen) atoms. The van der Waals surface area contributed by atoms with Crippen LogP contribution < -0.4 is 5.32 Å². The summed E-state index contributed by atoms with van der Waals surface area (Å²) in [6.07, 6.45) is 3.64. The number of benzene rings is 1. The van der Waals surface area contributed by atoms with Gasteiger partial charge < -0.3 is 15.3 Å². The summed E-state index contributed by atoms with van der Waals surface area (Å²) in [7, 11) is 0. The van der Waals surface area contributed by atoms with E-state index in [0.717, 1.165) is 44.3 Å². The maximum Gasteiger partial charge on any atom is 0.257 e. The number of rotatable bonds is 2. The van der Waals surface area contributed by atoms with E-state index in [9.17, 15) is 9.90 Å². The SMILES string of the molecule is CCCN1C(=O)c2ccc(Cl)cc2NC12CCC(O)CC2. The highest BCUT2D eigenvalue weighted by Crippen LogP contribution is 2.41. The number of amides is 1. The number of hydrogen-bond donors (Lipinski definition) is 2. The average molecular weight is 309 g/mol. The Morgan fingerprint density at radius 1 is 1.43 bits per heavy atom. The first-order chi connectivity index (χ1) is 10.1. The van der Waals surface area contributed by atoms with Crippen LogP contribution in [0.2, 0.25) is 5.02 Å². The lowest BCUT2D eigenvalue weighted by molar-refractivity contribution is 0.0171. The molecule has 5 heteroatoms. The molecule has 2 N–H and O–H groups in total. The molecule has 1 aliphatic heterocycles. The molecule has 1 aliphatic carbocycles. The van der Waals surface area contributed by atoms with Crippen molar-refractivity contribution in [3.8, 4) is 0 Å². The van der Waals surface area contributed by atoms with Crippen LogP contribution in [0.15, 0.2) is 18.2 Å². The molecule has 1 saturated carbocycles. The zero-order valence-corrected chi connectivity index (χ0v) is 13.0. The maximum atomic E-state index is 12.9. The van der Waals surface area contributed by atoms with Crippen molar-refractivity contribution in [3.63, 3.8) is 0 Å². The molecule has 1 heterocycles. The summed E-state index contributed by atoms with van der Waals surface area (Å²) in [6.45, 7) is 2.81. The number of aliphatic hydroxyl groups excluding tert-OH is 1. The predicted octanol–water partition coefficient (Wildman–Crippen LogP) is 3.25. The lowest BCUT2D eigenvalue weighted by atomic mass is 9.83. The molecule has 0 aromatic heterocycles. The number of carbonyl (C=O) groups excluding carboxylic acids is 1. The molecule has 3 rings (SSSR count). The second-order valence-electron chi connectivity index (χ2n) is 6.03. The molecule has 0 saturated heterocycles. The number of halogens is 1. The molecule has 1 amide bonds. The van der Waals surface area contributed by atoms with Gasteiger partial charge in [-0.2, -0.15) is 0 Å². The monoisotopic (exact) mass is 308 g/mol. The van der Waals surface area contributed by atoms with Gasteiger partial charge in [-0.3, -0.25) is 4.79 Å². The lowest BCUT2D eigenvalue weighted by Crippen LogP contribution is -2.61. The van der Waals surface area contributed by atoms with Crippen LogP contribution in [0.1, 0.15) is 49.4 Å². The van der Waals surface area contributed by atoms with Crippen molar-refractivity contribution in [1.29, 1.82) is 0 Å². The number of hydrogen-bond acceptors (Lipinski definition) is 3. The Morgan fingerprint density at radius 3 is 2.81 bits per heavy atom. The van der Waals surface area contributed by atoms with Crippen LogP contribution in [0, 0.1) is 0 Å². The van der Waals surface area contributed by atoms with E-state index in [4.69, 9.17) is 11.6 Å². The van der Waals surface area contributed by atoms with Crippen molar-refractivity contribution in [3.05, 3.63) is 28.8 Å². The van der Waals surface area contributed by atoms with Gasteiger partial charge >= 0.3 is 0 Å². The second kappa shape index (κ2) is 5.50. The number of carbonyl (C=O) groups is 1. The van der Waals surface area contributed by atoms with Crippen molar-refractivity contribution in [2.24, 2.45) is 0 Å². The highest BCUT2D eigenvalue weighted by molar-refractivity contribution is 6.31. The third kappa shape index (κ3) is 2.51. The van der Waals surface area contributed by atoms with Crippen LogP contribution in [0.4, 0.5) is 5.69 Å². The first kappa shape index (κ1) is 14.7. The number of fused-ring (bicyclic) bond motifs is 1. The van der Waals surface area contributed by atoms with Crippen molar-refractivity contribution >= 4 is 23.2 Å². The Balaban J connectivity index is 2.01. The molecule has 2 aliphatic rings. The largest absolute Gasteiger partial charge is 0.393 e. The summed E-state index contributed by atoms with van der Waals surface area (Å²) in [6, 6.07) is 5.37. The van der Waals surface area contributed by atoms with Gasteiger partial charge in [0.25, 0.3) is 5.91 Å². The van der Waals surface area contributed by atoms with Crippen LogP contribution in [0.25, 0.3) is 0 Å². The van der Waals surface area contributed by atoms with Gasteiger partial charge in [0.05, 0.1) is 17.4 Å². The molecular weight excluding hydrogens is 288 g/mol. The van der Waals surface area contributed by atoms with Crippen LogP contribution in [-0.4, -0.2) is 34.2 Å². The fourth-order valence-corrected chi connectivity index (χ4v) is 3.65. The standard InChI is InChI=1S/C16H21ClN2O2/c1-2-9-19-15(21)13-4-3-11(17)10-14(13)18-16(19)7-5-12(20)6-8-16/h3-4,10,12,18,20H,2,5-9H2,1H3. The summed E-state index contributed by atoms with van der Waals surface area (Å²) in [5.41, 5.74) is 1.13. The van der Waals surface area contributed by atoms with E-state index in [1.807, 2.05) is 11.0 Å². The molecule has 1 aromatic carbocycles. The normalized spacial score (nSPS) is 28.4. The van der Waals surface area contributed by atoms with E-state index < -0.39 is 0 Å². The number of nitrogens with zero attached hydrogens (tertiary/aromatic N) is 1. The molecule has 114 valence electrons. The van der Waals surface area contributed by atoms with Gasteiger partial charge in [0.2, 0.25) is 0 Å². The van der Waals surface area contributed by atoms with Crippen molar-refractivity contribution in [1.82, 2.24) is 4.90 Å². The van der Waals surface area contributed by atoms with Crippen LogP contribution >= 0.6 is 11.6 Å². The van der Waals surface area contributed by atoms with Gasteiger partial charge in [-0.05, 0) is 50.3 Å². The molecule has 0 radical (unpaired) electrons. The minimum absolute atomic E-state index is 0.0682. The van der Waals surface area contributed by atoms with Gasteiger partial charge in [0.15, 0.2) is 0 Å². The maximum absolute atomic E-state index is 12.9. The molecule has 0 unspecified atom stereocenters. The van der Waals surface area contributed by atoms with Crippen LogP contribution in [0.3, 0.4) is 0 Å². The Kier molecular flexibility index (Phi) is 3.84. The Bertz CT molecular complexity index is 553. The number of nitrogens with one attached hydrogen (secondary N) is 1. The van der Waals surface area contributed by atoms with Gasteiger partial charge in [0, 0.05) is 11.6 Å². The summed E-state index contributed by atoms with van der Waals surface area (Å²) in [5.74, 6) is 0.0682. The Hall–Kier alpha value is -1.26. The average Bonchev–Trinajstić information content (AvgIpc) is 2.46. The Morgan fingerprint density at radius 2 is 2.14 bits per heavy atom. The van der Waals surface area contributed by atoms with E-state index in [0.29, 0.717) is 10.6 Å². The molecule has 1 spiro atoms. The minimum Gasteiger partial charge on any atom is -0.393 e. The molecule has 4 nitrogen and oxygen atoms in total. The smallest absolute Gasteiger partial charge is 0.257 e. The topological polar surface area (TPSA) is 52.6 Å². The fourth-order valence-electron chi connectivity index (χ4n) is 3.48. The summed E-state index contributed by atoms with van der Waals surface area (Å²) in [5, 5.41) is 14.0. The Labute approximate surface area is 130 Å². The molecule has 0 bridgehead atoms. The lowest BCUT2D eigenvalue weighted by Gasteiger charge is -2.51. The van der Waals surface area contributed by atoms with Crippen molar-refractivity contribution < 1.29 is 9.90 Å². The highest BCUT2D eigenvalue weighted by atomic mass is 35.5. The molecule has 1 aromatic rings. The molecule has 0 atom stereocenters. The summed E-state index contributed by atoms with van der Waals surface area (Å²) in [4.78, 5) is 14.8. The van der Waals surface area contributed by atoms with E-state index in [-0.39, 0.29) is 17.7 Å². The highest BCUT2D eigenvalue weighted by Gasteiger charge is 2.46. The van der Waals surface area contributed by atoms with E-state index in [1.165, 1.54) is 0 Å². The summed E-state index contributed by atoms with van der Waals surface area (Å²) >= 11 is 6.07. The van der Waals surface area contributed by atoms with Crippen molar-refractivity contribution in [2.45, 2.75) is 50.8 Å². The number of anilines is 1. The second-order valence-corrected chi connectivity index (χ2v) is 6.47. The zero-order valence-electron chi connectivity index (χ0n) is 12.2. The third-order valence-corrected chi connectivity index (χ3v) is 4.81. The predicted molar refractivity (Wildman–Crippen MR) is 83.6 cm³/mol. The minimum atomic E-state index is -0.371. The van der Waals surface area contributed by atoms with Gasteiger partial charge in [-0.25, -0.2) is 0 Å². The van der Waals surface area contributed by atoms with E-state index in [1.54, 1.807) is 12.1 Å². The first-order valence-electron chi connectivity index (χ1n) is 7.63. The van der Waals surface area contributed by atoms with E-state index in [2.05, 4.69) is 12.2 Å². The van der Waals surface area contributed by atoms with Crippen LogP contribution in [-0.2, 0) is 0 Å². The fraction of sp³-hybridized carbons (Fsp3) is 0.562. The third-order valence-electron chi connectivity index (χ3n) is 4.57. The van der Waals surface area contributed by atoms with E-state index >= 15 is 0 Å². The van der Waals surface area contributed by atoms with Gasteiger partial charge in [-0.15, -0.1) is 0 Å². The summed E-state index contributed by atoms with van der Waals surface area (Å²) < 4.78 is 0. The first-order valence-corrected chi connectivity index (χ1v) is 8.01. The zero-order chi connectivity index (χ0) is 15.0. The van der Waals surface area contributed by atoms with Gasteiger partial charge in [-0.1, -0.05) is 18.5 Å². The van der Waals surface area contributed by atoms with Crippen LogP contribution in [0.5, 0.6) is 0 Å². The molecule has 1 fully saturated rings.